The van der Waals surface area contributed by atoms with Gasteiger partial charge in [0, 0.05) is 6.54 Å². The normalized spacial score (nSPS) is 13.6. The van der Waals surface area contributed by atoms with E-state index in [4.69, 9.17) is 14.2 Å². The van der Waals surface area contributed by atoms with E-state index in [9.17, 15) is 18.0 Å². The Kier molecular flexibility index (Phi) is 7.95. The molecule has 0 saturated carbocycles. The van der Waals surface area contributed by atoms with Crippen molar-refractivity contribution in [2.75, 3.05) is 20.2 Å². The second kappa shape index (κ2) is 11.3. The third-order valence-electron chi connectivity index (χ3n) is 5.84. The quantitative estimate of drug-likeness (QED) is 0.386. The van der Waals surface area contributed by atoms with Gasteiger partial charge in [0.2, 0.25) is 0 Å². The Bertz CT molecular complexity index is 1240. The first-order valence-electron chi connectivity index (χ1n) is 11.5. The van der Waals surface area contributed by atoms with E-state index in [1.807, 2.05) is 18.2 Å². The second-order valence-corrected chi connectivity index (χ2v) is 8.26. The number of carbonyl (C=O) groups is 1. The van der Waals surface area contributed by atoms with Crippen LogP contribution in [0.25, 0.3) is 5.57 Å². The molecule has 0 atom stereocenters. The Labute approximate surface area is 207 Å². The summed E-state index contributed by atoms with van der Waals surface area (Å²) in [5, 5.41) is 3.29. The van der Waals surface area contributed by atoms with E-state index in [2.05, 4.69) is 11.4 Å². The summed E-state index contributed by atoms with van der Waals surface area (Å²) in [7, 11) is 1.33. The van der Waals surface area contributed by atoms with Gasteiger partial charge in [-0.05, 0) is 77.7 Å². The zero-order valence-corrected chi connectivity index (χ0v) is 19.7. The van der Waals surface area contributed by atoms with Gasteiger partial charge >= 0.3 is 12.1 Å². The number of rotatable bonds is 8. The van der Waals surface area contributed by atoms with Crippen LogP contribution in [-0.4, -0.2) is 26.2 Å². The zero-order valence-electron chi connectivity index (χ0n) is 19.7. The summed E-state index contributed by atoms with van der Waals surface area (Å²) < 4.78 is 56.2. The van der Waals surface area contributed by atoms with Crippen LogP contribution in [0, 0.1) is 0 Å². The van der Waals surface area contributed by atoms with Crippen LogP contribution in [0.4, 0.5) is 13.2 Å². The topological polar surface area (TPSA) is 56.8 Å². The summed E-state index contributed by atoms with van der Waals surface area (Å²) in [6.45, 7) is 1.86. The molecule has 1 N–H and O–H groups in total. The number of methoxy groups -OCH3 is 1. The molecule has 0 amide bonds. The van der Waals surface area contributed by atoms with Crippen LogP contribution in [0.5, 0.6) is 11.5 Å². The fourth-order valence-corrected chi connectivity index (χ4v) is 3.96. The number of halogens is 3. The van der Waals surface area contributed by atoms with E-state index in [-0.39, 0.29) is 19.0 Å². The van der Waals surface area contributed by atoms with Crippen LogP contribution in [-0.2, 0) is 24.1 Å². The maximum atomic E-state index is 13.3. The maximum Gasteiger partial charge on any atom is 0.419 e. The highest BCUT2D eigenvalue weighted by Crippen LogP contribution is 2.36. The van der Waals surface area contributed by atoms with Crippen LogP contribution in [0.15, 0.2) is 72.8 Å². The smallest absolute Gasteiger partial charge is 0.419 e. The predicted molar refractivity (Wildman–Crippen MR) is 130 cm³/mol. The zero-order chi connectivity index (χ0) is 25.5. The van der Waals surface area contributed by atoms with E-state index in [1.165, 1.54) is 25.3 Å². The van der Waals surface area contributed by atoms with Crippen molar-refractivity contribution in [1.29, 1.82) is 0 Å². The minimum absolute atomic E-state index is 0.00174. The van der Waals surface area contributed by atoms with Gasteiger partial charge in [-0.3, -0.25) is 0 Å². The van der Waals surface area contributed by atoms with Gasteiger partial charge in [-0.2, -0.15) is 13.2 Å². The fraction of sp³-hybridized carbons (Fsp3) is 0.250. The monoisotopic (exact) mass is 497 g/mol. The molecule has 36 heavy (non-hydrogen) atoms. The maximum absolute atomic E-state index is 13.3. The number of esters is 1. The molecule has 3 aromatic carbocycles. The first kappa shape index (κ1) is 25.3. The summed E-state index contributed by atoms with van der Waals surface area (Å²) >= 11 is 0. The summed E-state index contributed by atoms with van der Waals surface area (Å²) in [6.07, 6.45) is -1.56. The Morgan fingerprint density at radius 1 is 0.972 bits per heavy atom. The molecule has 0 fully saturated rings. The molecule has 0 radical (unpaired) electrons. The minimum atomic E-state index is -4.49. The molecular weight excluding hydrogens is 471 g/mol. The second-order valence-electron chi connectivity index (χ2n) is 8.26. The van der Waals surface area contributed by atoms with Gasteiger partial charge in [0.1, 0.15) is 24.7 Å². The highest BCUT2D eigenvalue weighted by Gasteiger charge is 2.34. The first-order chi connectivity index (χ1) is 17.3. The summed E-state index contributed by atoms with van der Waals surface area (Å²) in [5.41, 5.74) is 3.46. The Hall–Kier alpha value is -3.78. The van der Waals surface area contributed by atoms with Gasteiger partial charge in [-0.15, -0.1) is 0 Å². The van der Waals surface area contributed by atoms with Gasteiger partial charge in [0.25, 0.3) is 0 Å². The molecule has 1 heterocycles. The summed E-state index contributed by atoms with van der Waals surface area (Å²) in [6, 6.07) is 17.6. The minimum Gasteiger partial charge on any atom is -0.489 e. The standard InChI is InChI=1S/C28H26F3NO4/c1-34-27(33)21-8-10-23(11-9-21)35-18-22-7-6-19(16-24(22)20-12-14-32-15-13-20)17-36-26-5-3-2-4-25(26)28(29,30)31/h2-12,16,32H,13-15,17-18H2,1H3. The van der Waals surface area contributed by atoms with E-state index < -0.39 is 17.7 Å². The third-order valence-corrected chi connectivity index (χ3v) is 5.84. The third kappa shape index (κ3) is 6.26. The van der Waals surface area contributed by atoms with Gasteiger partial charge in [-0.25, -0.2) is 4.79 Å². The number of benzene rings is 3. The number of alkyl halides is 3. The Morgan fingerprint density at radius 2 is 1.75 bits per heavy atom. The molecule has 1 aliphatic heterocycles. The lowest BCUT2D eigenvalue weighted by Crippen LogP contribution is -2.20. The lowest BCUT2D eigenvalue weighted by Gasteiger charge is -2.19. The summed E-state index contributed by atoms with van der Waals surface area (Å²) in [5.74, 6) is -0.0168. The molecule has 4 rings (SSSR count). The van der Waals surface area contributed by atoms with Crippen molar-refractivity contribution in [3.05, 3.63) is 101 Å². The number of hydrogen-bond acceptors (Lipinski definition) is 5. The van der Waals surface area contributed by atoms with Gasteiger partial charge in [0.05, 0.1) is 18.2 Å². The molecule has 188 valence electrons. The largest absolute Gasteiger partial charge is 0.489 e. The number of nitrogens with one attached hydrogen (secondary N) is 1. The van der Waals surface area contributed by atoms with Crippen LogP contribution in [0.2, 0.25) is 0 Å². The molecular formula is C28H26F3NO4. The van der Waals surface area contributed by atoms with Crippen LogP contribution in [0.1, 0.15) is 39.0 Å². The van der Waals surface area contributed by atoms with Crippen molar-refractivity contribution < 1.29 is 32.2 Å². The van der Waals surface area contributed by atoms with Crippen molar-refractivity contribution in [3.8, 4) is 11.5 Å². The van der Waals surface area contributed by atoms with E-state index in [0.29, 0.717) is 11.3 Å². The van der Waals surface area contributed by atoms with Crippen molar-refractivity contribution in [1.82, 2.24) is 5.32 Å². The number of hydrogen-bond donors (Lipinski definition) is 1. The molecule has 3 aromatic rings. The highest BCUT2D eigenvalue weighted by molar-refractivity contribution is 5.89. The van der Waals surface area contributed by atoms with E-state index in [1.54, 1.807) is 24.3 Å². The molecule has 0 saturated heterocycles. The molecule has 0 unspecified atom stereocenters. The molecule has 5 nitrogen and oxygen atoms in total. The summed E-state index contributed by atoms with van der Waals surface area (Å²) in [4.78, 5) is 11.6. The Balaban J connectivity index is 1.52. The van der Waals surface area contributed by atoms with Gasteiger partial charge < -0.3 is 19.5 Å². The van der Waals surface area contributed by atoms with E-state index in [0.717, 1.165) is 47.8 Å². The molecule has 1 aliphatic rings. The van der Waals surface area contributed by atoms with Crippen LogP contribution in [0.3, 0.4) is 0 Å². The molecule has 8 heteroatoms. The number of carbonyl (C=O) groups excluding carboxylic acids is 1. The lowest BCUT2D eigenvalue weighted by molar-refractivity contribution is -0.139. The SMILES string of the molecule is COC(=O)c1ccc(OCc2ccc(COc3ccccc3C(F)(F)F)cc2C2=CCNCC2)cc1. The average molecular weight is 498 g/mol. The molecule has 0 aliphatic carbocycles. The van der Waals surface area contributed by atoms with E-state index >= 15 is 0 Å². The lowest BCUT2D eigenvalue weighted by atomic mass is 9.94. The Morgan fingerprint density at radius 3 is 2.44 bits per heavy atom. The van der Waals surface area contributed by atoms with Gasteiger partial charge in [-0.1, -0.05) is 30.3 Å². The average Bonchev–Trinajstić information content (AvgIpc) is 2.91. The predicted octanol–water partition coefficient (Wildman–Crippen LogP) is 6.03. The van der Waals surface area contributed by atoms with Crippen molar-refractivity contribution >= 4 is 11.5 Å². The molecule has 0 aromatic heterocycles. The van der Waals surface area contributed by atoms with Crippen molar-refractivity contribution in [2.45, 2.75) is 25.8 Å². The van der Waals surface area contributed by atoms with Crippen molar-refractivity contribution in [3.63, 3.8) is 0 Å². The van der Waals surface area contributed by atoms with Crippen LogP contribution < -0.4 is 14.8 Å². The number of ether oxygens (including phenoxy) is 3. The fourth-order valence-electron chi connectivity index (χ4n) is 3.96. The molecule has 0 spiro atoms. The number of para-hydroxylation sites is 1. The first-order valence-corrected chi connectivity index (χ1v) is 11.5. The molecule has 0 bridgehead atoms. The van der Waals surface area contributed by atoms with Crippen molar-refractivity contribution in [2.24, 2.45) is 0 Å². The highest BCUT2D eigenvalue weighted by atomic mass is 19.4. The van der Waals surface area contributed by atoms with Gasteiger partial charge in [0.15, 0.2) is 0 Å². The van der Waals surface area contributed by atoms with Crippen LogP contribution >= 0.6 is 0 Å².